The van der Waals surface area contributed by atoms with Crippen LogP contribution in [0.5, 0.6) is 0 Å². The summed E-state index contributed by atoms with van der Waals surface area (Å²) in [5.74, 6) is -0.144. The molecule has 0 radical (unpaired) electrons. The van der Waals surface area contributed by atoms with Crippen molar-refractivity contribution in [3.8, 4) is 0 Å². The van der Waals surface area contributed by atoms with Gasteiger partial charge in [-0.3, -0.25) is 9.48 Å². The van der Waals surface area contributed by atoms with Gasteiger partial charge in [0.1, 0.15) is 5.69 Å². The predicted molar refractivity (Wildman–Crippen MR) is 93.9 cm³/mol. The minimum Gasteiger partial charge on any atom is -0.372 e. The van der Waals surface area contributed by atoms with Crippen molar-refractivity contribution in [2.75, 3.05) is 23.3 Å². The van der Waals surface area contributed by atoms with Crippen molar-refractivity contribution in [1.29, 1.82) is 0 Å². The SMILES string of the molecule is CCN(CC)c1ccc(NC(=O)c2c(I)cnn2C)cc1. The molecule has 0 atom stereocenters. The number of benzene rings is 1. The highest BCUT2D eigenvalue weighted by Crippen LogP contribution is 2.19. The first kappa shape index (κ1) is 15.8. The van der Waals surface area contributed by atoms with Gasteiger partial charge >= 0.3 is 0 Å². The summed E-state index contributed by atoms with van der Waals surface area (Å²) in [6.07, 6.45) is 1.68. The quantitative estimate of drug-likeness (QED) is 0.788. The molecule has 0 saturated heterocycles. The molecule has 112 valence electrons. The third-order valence-corrected chi connectivity index (χ3v) is 4.15. The molecule has 6 heteroatoms. The fourth-order valence-corrected chi connectivity index (χ4v) is 2.92. The van der Waals surface area contributed by atoms with Gasteiger partial charge in [0.25, 0.3) is 5.91 Å². The summed E-state index contributed by atoms with van der Waals surface area (Å²) in [5, 5.41) is 6.99. The summed E-state index contributed by atoms with van der Waals surface area (Å²) in [4.78, 5) is 14.5. The summed E-state index contributed by atoms with van der Waals surface area (Å²) in [5.41, 5.74) is 2.52. The molecule has 0 aliphatic heterocycles. The Morgan fingerprint density at radius 3 is 2.38 bits per heavy atom. The van der Waals surface area contributed by atoms with E-state index in [0.29, 0.717) is 5.69 Å². The van der Waals surface area contributed by atoms with Crippen LogP contribution < -0.4 is 10.2 Å². The number of anilines is 2. The van der Waals surface area contributed by atoms with E-state index in [0.717, 1.165) is 28.0 Å². The van der Waals surface area contributed by atoms with Crippen molar-refractivity contribution in [2.24, 2.45) is 7.05 Å². The lowest BCUT2D eigenvalue weighted by atomic mass is 10.2. The Labute approximate surface area is 138 Å². The van der Waals surface area contributed by atoms with Gasteiger partial charge in [0.2, 0.25) is 0 Å². The Morgan fingerprint density at radius 1 is 1.29 bits per heavy atom. The number of halogens is 1. The van der Waals surface area contributed by atoms with E-state index in [2.05, 4.69) is 51.8 Å². The Bertz CT molecular complexity index is 598. The van der Waals surface area contributed by atoms with Crippen LogP contribution in [0.25, 0.3) is 0 Å². The predicted octanol–water partition coefficient (Wildman–Crippen LogP) is 3.12. The molecule has 0 aliphatic carbocycles. The lowest BCUT2D eigenvalue weighted by Gasteiger charge is -2.21. The first-order valence-corrected chi connectivity index (χ1v) is 7.98. The van der Waals surface area contributed by atoms with Gasteiger partial charge in [-0.15, -0.1) is 0 Å². The summed E-state index contributed by atoms with van der Waals surface area (Å²) < 4.78 is 2.42. The normalized spacial score (nSPS) is 10.5. The summed E-state index contributed by atoms with van der Waals surface area (Å²) in [6, 6.07) is 7.90. The monoisotopic (exact) mass is 398 g/mol. The van der Waals surface area contributed by atoms with Crippen molar-refractivity contribution in [3.63, 3.8) is 0 Å². The lowest BCUT2D eigenvalue weighted by molar-refractivity contribution is 0.101. The molecule has 0 unspecified atom stereocenters. The smallest absolute Gasteiger partial charge is 0.275 e. The van der Waals surface area contributed by atoms with Gasteiger partial charge < -0.3 is 10.2 Å². The van der Waals surface area contributed by atoms with Gasteiger partial charge in [0.05, 0.1) is 9.77 Å². The fourth-order valence-electron chi connectivity index (χ4n) is 2.20. The zero-order valence-electron chi connectivity index (χ0n) is 12.4. The number of rotatable bonds is 5. The molecular weight excluding hydrogens is 379 g/mol. The molecule has 1 aromatic heterocycles. The Kier molecular flexibility index (Phi) is 5.22. The van der Waals surface area contributed by atoms with Crippen molar-refractivity contribution in [2.45, 2.75) is 13.8 Å². The molecule has 2 rings (SSSR count). The maximum Gasteiger partial charge on any atom is 0.275 e. The number of amides is 1. The molecule has 2 aromatic rings. The van der Waals surface area contributed by atoms with E-state index in [9.17, 15) is 4.79 Å². The Balaban J connectivity index is 2.12. The van der Waals surface area contributed by atoms with Gasteiger partial charge in [0.15, 0.2) is 0 Å². The molecule has 0 bridgehead atoms. The fraction of sp³-hybridized carbons (Fsp3) is 0.333. The van der Waals surface area contributed by atoms with E-state index >= 15 is 0 Å². The molecule has 1 amide bonds. The second-order valence-corrected chi connectivity index (χ2v) is 5.80. The van der Waals surface area contributed by atoms with E-state index in [4.69, 9.17) is 0 Å². The molecule has 0 saturated carbocycles. The maximum atomic E-state index is 12.3. The van der Waals surface area contributed by atoms with E-state index in [1.807, 2.05) is 24.3 Å². The number of aromatic nitrogens is 2. The Morgan fingerprint density at radius 2 is 1.90 bits per heavy atom. The maximum absolute atomic E-state index is 12.3. The number of hydrogen-bond acceptors (Lipinski definition) is 3. The van der Waals surface area contributed by atoms with E-state index in [-0.39, 0.29) is 5.91 Å². The summed E-state index contributed by atoms with van der Waals surface area (Å²) in [7, 11) is 1.76. The topological polar surface area (TPSA) is 50.2 Å². The molecule has 0 fully saturated rings. The van der Waals surface area contributed by atoms with Gasteiger partial charge in [-0.05, 0) is 60.7 Å². The minimum atomic E-state index is -0.144. The van der Waals surface area contributed by atoms with Crippen molar-refractivity contribution in [1.82, 2.24) is 9.78 Å². The van der Waals surface area contributed by atoms with Crippen molar-refractivity contribution < 1.29 is 4.79 Å². The first-order chi connectivity index (χ1) is 10.1. The number of aryl methyl sites for hydroxylation is 1. The number of hydrogen-bond donors (Lipinski definition) is 1. The molecule has 0 aliphatic rings. The van der Waals surface area contributed by atoms with Crippen LogP contribution in [0.15, 0.2) is 30.5 Å². The zero-order chi connectivity index (χ0) is 15.4. The van der Waals surface area contributed by atoms with Crippen LogP contribution in [0.4, 0.5) is 11.4 Å². The van der Waals surface area contributed by atoms with Crippen LogP contribution >= 0.6 is 22.6 Å². The van der Waals surface area contributed by atoms with Crippen LogP contribution in [-0.4, -0.2) is 28.8 Å². The van der Waals surface area contributed by atoms with E-state index in [1.165, 1.54) is 0 Å². The molecular formula is C15H19IN4O. The third kappa shape index (κ3) is 3.55. The average molecular weight is 398 g/mol. The number of carbonyl (C=O) groups is 1. The highest BCUT2D eigenvalue weighted by molar-refractivity contribution is 14.1. The zero-order valence-corrected chi connectivity index (χ0v) is 14.6. The standard InChI is InChI=1S/C15H19IN4O/c1-4-20(5-2)12-8-6-11(7-9-12)18-15(21)14-13(16)10-17-19(14)3/h6-10H,4-5H2,1-3H3,(H,18,21). The van der Waals surface area contributed by atoms with Gasteiger partial charge in [-0.2, -0.15) is 5.10 Å². The summed E-state index contributed by atoms with van der Waals surface area (Å²) in [6.45, 7) is 6.19. The van der Waals surface area contributed by atoms with Crippen LogP contribution in [0, 0.1) is 3.57 Å². The van der Waals surface area contributed by atoms with Crippen LogP contribution in [0.3, 0.4) is 0 Å². The van der Waals surface area contributed by atoms with Gasteiger partial charge in [-0.25, -0.2) is 0 Å². The largest absolute Gasteiger partial charge is 0.372 e. The first-order valence-electron chi connectivity index (χ1n) is 6.90. The van der Waals surface area contributed by atoms with Crippen molar-refractivity contribution in [3.05, 3.63) is 39.7 Å². The number of nitrogens with one attached hydrogen (secondary N) is 1. The highest BCUT2D eigenvalue weighted by atomic mass is 127. The van der Waals surface area contributed by atoms with E-state index < -0.39 is 0 Å². The van der Waals surface area contributed by atoms with Crippen LogP contribution in [-0.2, 0) is 7.05 Å². The molecule has 21 heavy (non-hydrogen) atoms. The lowest BCUT2D eigenvalue weighted by Crippen LogP contribution is -2.21. The van der Waals surface area contributed by atoms with Gasteiger partial charge in [0, 0.05) is 31.5 Å². The molecule has 5 nitrogen and oxygen atoms in total. The second-order valence-electron chi connectivity index (χ2n) is 4.64. The number of carbonyl (C=O) groups excluding carboxylic acids is 1. The highest BCUT2D eigenvalue weighted by Gasteiger charge is 2.15. The van der Waals surface area contributed by atoms with Gasteiger partial charge in [-0.1, -0.05) is 0 Å². The average Bonchev–Trinajstić information content (AvgIpc) is 2.81. The minimum absolute atomic E-state index is 0.144. The molecule has 1 N–H and O–H groups in total. The van der Waals surface area contributed by atoms with E-state index in [1.54, 1.807) is 17.9 Å². The molecule has 1 aromatic carbocycles. The molecule has 0 spiro atoms. The second kappa shape index (κ2) is 6.93. The van der Waals surface area contributed by atoms with Crippen molar-refractivity contribution >= 4 is 39.9 Å². The van der Waals surface area contributed by atoms with Crippen LogP contribution in [0.2, 0.25) is 0 Å². The Hall–Kier alpha value is -1.57. The molecule has 1 heterocycles. The summed E-state index contributed by atoms with van der Waals surface area (Å²) >= 11 is 2.11. The van der Waals surface area contributed by atoms with Crippen LogP contribution in [0.1, 0.15) is 24.3 Å². The third-order valence-electron chi connectivity index (χ3n) is 3.36. The number of nitrogens with zero attached hydrogens (tertiary/aromatic N) is 3.